The van der Waals surface area contributed by atoms with Crippen LogP contribution in [0.3, 0.4) is 0 Å². The summed E-state index contributed by atoms with van der Waals surface area (Å²) in [6, 6.07) is 7.79. The molecule has 36 heavy (non-hydrogen) atoms. The number of carbonyl (C=O) groups is 2. The minimum atomic E-state index is -4.96. The van der Waals surface area contributed by atoms with Crippen LogP contribution in [0.25, 0.3) is 11.1 Å². The first kappa shape index (κ1) is 26.1. The molecule has 0 saturated carbocycles. The number of nitrogens with one attached hydrogen (secondary N) is 1. The number of carboxylic acids is 1. The summed E-state index contributed by atoms with van der Waals surface area (Å²) in [5.74, 6) is -3.32. The molecule has 13 heteroatoms. The Morgan fingerprint density at radius 2 is 1.83 bits per heavy atom. The molecule has 0 aliphatic rings. The van der Waals surface area contributed by atoms with Crippen LogP contribution in [0.2, 0.25) is 0 Å². The van der Waals surface area contributed by atoms with Gasteiger partial charge in [-0.25, -0.2) is 9.18 Å². The minimum absolute atomic E-state index is 0.0215. The second kappa shape index (κ2) is 10.4. The summed E-state index contributed by atoms with van der Waals surface area (Å²) in [7, 11) is 1.34. The second-order valence-electron chi connectivity index (χ2n) is 7.45. The summed E-state index contributed by atoms with van der Waals surface area (Å²) in [4.78, 5) is 37.3. The van der Waals surface area contributed by atoms with Crippen LogP contribution in [0.4, 0.5) is 33.7 Å². The second-order valence-corrected chi connectivity index (χ2v) is 7.45. The molecule has 0 unspecified atom stereocenters. The van der Waals surface area contributed by atoms with Crippen molar-refractivity contribution in [2.24, 2.45) is 7.05 Å². The molecule has 1 aromatic heterocycles. The van der Waals surface area contributed by atoms with E-state index in [1.807, 2.05) is 0 Å². The molecule has 1 heterocycles. The van der Waals surface area contributed by atoms with Crippen molar-refractivity contribution in [3.63, 3.8) is 0 Å². The third kappa shape index (κ3) is 6.31. The average molecular weight is 509 g/mol. The van der Waals surface area contributed by atoms with Crippen molar-refractivity contribution in [3.8, 4) is 22.6 Å². The van der Waals surface area contributed by atoms with E-state index in [9.17, 15) is 37.1 Å². The van der Waals surface area contributed by atoms with Gasteiger partial charge in [-0.1, -0.05) is 12.1 Å². The summed E-state index contributed by atoms with van der Waals surface area (Å²) in [6.07, 6.45) is -4.19. The molecule has 2 aromatic carbocycles. The van der Waals surface area contributed by atoms with Crippen LogP contribution in [0.1, 0.15) is 6.42 Å². The zero-order chi connectivity index (χ0) is 26.6. The van der Waals surface area contributed by atoms with Gasteiger partial charge in [-0.15, -0.1) is 13.2 Å². The smallest absolute Gasteiger partial charge is 0.505 e. The lowest BCUT2D eigenvalue weighted by Gasteiger charge is -2.24. The number of alkyl halides is 3. The monoisotopic (exact) mass is 509 g/mol. The molecule has 0 atom stereocenters. The Labute approximate surface area is 200 Å². The number of aryl methyl sites for hydroxylation is 1. The number of halogens is 4. The number of nitrogens with zero attached hydrogens (tertiary/aromatic N) is 2. The first-order valence-corrected chi connectivity index (χ1v) is 10.2. The number of hydrogen-bond acceptors (Lipinski definition) is 5. The van der Waals surface area contributed by atoms with Crippen LogP contribution in [0, 0.1) is 5.82 Å². The summed E-state index contributed by atoms with van der Waals surface area (Å²) in [5, 5.41) is 21.5. The van der Waals surface area contributed by atoms with E-state index in [1.165, 1.54) is 31.4 Å². The molecule has 9 nitrogen and oxygen atoms in total. The Morgan fingerprint density at radius 3 is 2.50 bits per heavy atom. The Morgan fingerprint density at radius 1 is 1.11 bits per heavy atom. The summed E-state index contributed by atoms with van der Waals surface area (Å²) < 4.78 is 57.5. The number of hydrogen-bond donors (Lipinski definition) is 3. The van der Waals surface area contributed by atoms with Gasteiger partial charge >= 0.3 is 18.4 Å². The molecule has 0 radical (unpaired) electrons. The van der Waals surface area contributed by atoms with Gasteiger partial charge in [-0.3, -0.25) is 14.5 Å². The van der Waals surface area contributed by atoms with Gasteiger partial charge in [0.2, 0.25) is 0 Å². The standard InChI is InChI=1S/C23H19F4N3O6/c1-29-8-6-18(31)20(21(29)34)30(22(35)28-7-5-19(32)33)16-10-14(9-15(24)12-16)13-3-2-4-17(11-13)36-23(25,26)27/h2-4,6,8-12,31H,5,7H2,1H3,(H,28,35)(H,32,33). The lowest BCUT2D eigenvalue weighted by Crippen LogP contribution is -2.41. The van der Waals surface area contributed by atoms with Crippen LogP contribution in [-0.2, 0) is 11.8 Å². The van der Waals surface area contributed by atoms with Gasteiger partial charge in [0.25, 0.3) is 5.56 Å². The van der Waals surface area contributed by atoms with Crippen molar-refractivity contribution in [2.75, 3.05) is 11.4 Å². The number of benzene rings is 2. The molecule has 2 amide bonds. The Kier molecular flexibility index (Phi) is 7.51. The van der Waals surface area contributed by atoms with E-state index in [1.54, 1.807) is 0 Å². The van der Waals surface area contributed by atoms with Crippen LogP contribution in [-0.4, -0.2) is 39.7 Å². The third-order valence-corrected chi connectivity index (χ3v) is 4.81. The van der Waals surface area contributed by atoms with Gasteiger partial charge in [-0.2, -0.15) is 0 Å². The fourth-order valence-electron chi connectivity index (χ4n) is 3.26. The molecular formula is C23H19F4N3O6. The van der Waals surface area contributed by atoms with E-state index in [0.717, 1.165) is 34.9 Å². The molecule has 3 aromatic rings. The van der Waals surface area contributed by atoms with Crippen molar-refractivity contribution in [2.45, 2.75) is 12.8 Å². The summed E-state index contributed by atoms with van der Waals surface area (Å²) in [6.45, 7) is -0.350. The predicted octanol–water partition coefficient (Wildman–Crippen LogP) is 4.12. The zero-order valence-electron chi connectivity index (χ0n) is 18.5. The fraction of sp³-hybridized carbons (Fsp3) is 0.174. The molecule has 0 aliphatic carbocycles. The molecule has 3 N–H and O–H groups in total. The highest BCUT2D eigenvalue weighted by Crippen LogP contribution is 2.35. The van der Waals surface area contributed by atoms with E-state index >= 15 is 0 Å². The molecule has 3 rings (SSSR count). The minimum Gasteiger partial charge on any atom is -0.505 e. The van der Waals surface area contributed by atoms with Crippen molar-refractivity contribution in [1.82, 2.24) is 9.88 Å². The van der Waals surface area contributed by atoms with Gasteiger partial charge < -0.3 is 24.8 Å². The van der Waals surface area contributed by atoms with Gasteiger partial charge in [0.05, 0.1) is 12.1 Å². The van der Waals surface area contributed by atoms with Crippen molar-refractivity contribution >= 4 is 23.4 Å². The van der Waals surface area contributed by atoms with Crippen LogP contribution in [0.5, 0.6) is 11.5 Å². The average Bonchev–Trinajstić information content (AvgIpc) is 2.77. The van der Waals surface area contributed by atoms with E-state index in [0.29, 0.717) is 4.90 Å². The van der Waals surface area contributed by atoms with Crippen LogP contribution >= 0.6 is 0 Å². The zero-order valence-corrected chi connectivity index (χ0v) is 18.5. The number of pyridine rings is 1. The van der Waals surface area contributed by atoms with Gasteiger partial charge in [0, 0.05) is 19.8 Å². The Hall–Kier alpha value is -4.55. The highest BCUT2D eigenvalue weighted by molar-refractivity contribution is 6.01. The first-order chi connectivity index (χ1) is 16.9. The number of aliphatic carboxylic acids is 1. The maximum Gasteiger partial charge on any atom is 0.573 e. The quantitative estimate of drug-likeness (QED) is 0.412. The molecule has 0 fully saturated rings. The van der Waals surface area contributed by atoms with Crippen molar-refractivity contribution in [1.29, 1.82) is 0 Å². The van der Waals surface area contributed by atoms with Crippen LogP contribution < -0.4 is 20.5 Å². The van der Waals surface area contributed by atoms with Crippen molar-refractivity contribution in [3.05, 3.63) is 70.9 Å². The molecule has 0 aliphatic heterocycles. The number of aromatic hydroxyl groups is 1. The SMILES string of the molecule is Cn1ccc(O)c(N(C(=O)NCCC(=O)O)c2cc(F)cc(-c3cccc(OC(F)(F)F)c3)c2)c1=O. The third-order valence-electron chi connectivity index (χ3n) is 4.81. The molecular weight excluding hydrogens is 490 g/mol. The number of rotatable bonds is 7. The molecule has 0 bridgehead atoms. The first-order valence-electron chi connectivity index (χ1n) is 10.2. The van der Waals surface area contributed by atoms with Crippen molar-refractivity contribution < 1.29 is 42.1 Å². The van der Waals surface area contributed by atoms with Crippen LogP contribution in [0.15, 0.2) is 59.5 Å². The number of carbonyl (C=O) groups excluding carboxylic acids is 1. The van der Waals surface area contributed by atoms with E-state index in [-0.39, 0.29) is 23.4 Å². The summed E-state index contributed by atoms with van der Waals surface area (Å²) >= 11 is 0. The Balaban J connectivity index is 2.13. The van der Waals surface area contributed by atoms with E-state index < -0.39 is 53.3 Å². The largest absolute Gasteiger partial charge is 0.573 e. The van der Waals surface area contributed by atoms with E-state index in [4.69, 9.17) is 5.11 Å². The highest BCUT2D eigenvalue weighted by atomic mass is 19.4. The Bertz CT molecular complexity index is 1360. The molecule has 0 spiro atoms. The van der Waals surface area contributed by atoms with Gasteiger partial charge in [0.1, 0.15) is 17.3 Å². The van der Waals surface area contributed by atoms with E-state index in [2.05, 4.69) is 10.1 Å². The lowest BCUT2D eigenvalue weighted by atomic mass is 10.0. The number of urea groups is 1. The number of amides is 2. The molecule has 0 saturated heterocycles. The molecule has 190 valence electrons. The fourth-order valence-corrected chi connectivity index (χ4v) is 3.26. The number of ether oxygens (including phenoxy) is 1. The summed E-state index contributed by atoms with van der Waals surface area (Å²) in [5.41, 5.74) is -1.55. The normalized spacial score (nSPS) is 11.1. The number of aromatic nitrogens is 1. The predicted molar refractivity (Wildman–Crippen MR) is 120 cm³/mol. The lowest BCUT2D eigenvalue weighted by molar-refractivity contribution is -0.274. The number of carboxylic acid groups (broad SMARTS) is 1. The maximum absolute atomic E-state index is 14.7. The number of anilines is 2. The van der Waals surface area contributed by atoms with Gasteiger partial charge in [0.15, 0.2) is 5.69 Å². The maximum atomic E-state index is 14.7. The van der Waals surface area contributed by atoms with Gasteiger partial charge in [-0.05, 0) is 47.5 Å². The topological polar surface area (TPSA) is 121 Å². The highest BCUT2D eigenvalue weighted by Gasteiger charge is 2.31.